The smallest absolute Gasteiger partial charge is 0.274 e. The highest BCUT2D eigenvalue weighted by Gasteiger charge is 2.18. The van der Waals surface area contributed by atoms with E-state index in [0.717, 1.165) is 11.1 Å². The fourth-order valence-electron chi connectivity index (χ4n) is 3.52. The Labute approximate surface area is 201 Å². The molecular weight excluding hydrogens is 442 g/mol. The van der Waals surface area contributed by atoms with Crippen LogP contribution < -0.4 is 10.1 Å². The number of ether oxygens (including phenoxy) is 1. The molecule has 0 aliphatic rings. The first-order valence-corrected chi connectivity index (χ1v) is 10.9. The minimum atomic E-state index is -0.381. The van der Waals surface area contributed by atoms with Gasteiger partial charge >= 0.3 is 0 Å². The van der Waals surface area contributed by atoms with Gasteiger partial charge in [0.1, 0.15) is 35.1 Å². The van der Waals surface area contributed by atoms with Crippen molar-refractivity contribution in [3.05, 3.63) is 103 Å². The molecule has 0 radical (unpaired) electrons. The summed E-state index contributed by atoms with van der Waals surface area (Å²) in [5.74, 6) is 0.186. The second kappa shape index (κ2) is 9.92. The number of carbonyl (C=O) groups excluding carboxylic acids is 1. The van der Waals surface area contributed by atoms with Crippen molar-refractivity contribution < 1.29 is 9.53 Å². The summed E-state index contributed by atoms with van der Waals surface area (Å²) in [6, 6.07) is 16.9. The molecule has 9 heteroatoms. The van der Waals surface area contributed by atoms with Gasteiger partial charge in [0.25, 0.3) is 5.91 Å². The van der Waals surface area contributed by atoms with Gasteiger partial charge in [-0.25, -0.2) is 4.98 Å². The normalized spacial score (nSPS) is 10.7. The zero-order valence-corrected chi connectivity index (χ0v) is 18.9. The number of pyridine rings is 2. The highest BCUT2D eigenvalue weighted by molar-refractivity contribution is 6.05. The first kappa shape index (κ1) is 21.9. The Bertz CT molecular complexity index is 1440. The Hall–Kier alpha value is -4.92. The lowest BCUT2D eigenvalue weighted by Crippen LogP contribution is -2.14. The Morgan fingerprint density at radius 2 is 1.77 bits per heavy atom. The van der Waals surface area contributed by atoms with E-state index in [2.05, 4.69) is 30.4 Å². The quantitative estimate of drug-likeness (QED) is 0.386. The number of rotatable bonds is 7. The SMILES string of the molecule is Cn1cc(NC(=O)c2ccc(OCc3ccccc3)c(-c3ccncc3)n2)c(-c2cnccn2)n1. The molecule has 0 bridgehead atoms. The van der Waals surface area contributed by atoms with E-state index < -0.39 is 0 Å². The molecule has 1 N–H and O–H groups in total. The summed E-state index contributed by atoms with van der Waals surface area (Å²) in [5.41, 5.74) is 4.19. The fraction of sp³-hybridized carbons (Fsp3) is 0.0769. The molecule has 0 aliphatic heterocycles. The Morgan fingerprint density at radius 3 is 2.54 bits per heavy atom. The first-order chi connectivity index (χ1) is 17.2. The van der Waals surface area contributed by atoms with Crippen molar-refractivity contribution in [1.29, 1.82) is 0 Å². The van der Waals surface area contributed by atoms with Crippen LogP contribution in [0.3, 0.4) is 0 Å². The predicted molar refractivity (Wildman–Crippen MR) is 130 cm³/mol. The number of amides is 1. The number of hydrogen-bond donors (Lipinski definition) is 1. The van der Waals surface area contributed by atoms with Crippen molar-refractivity contribution in [2.45, 2.75) is 6.61 Å². The van der Waals surface area contributed by atoms with E-state index in [1.54, 1.807) is 61.0 Å². The number of aryl methyl sites for hydroxylation is 1. The Balaban J connectivity index is 1.44. The summed E-state index contributed by atoms with van der Waals surface area (Å²) in [5, 5.41) is 7.31. The summed E-state index contributed by atoms with van der Waals surface area (Å²) in [4.78, 5) is 30.3. The van der Waals surface area contributed by atoms with Gasteiger partial charge in [0.2, 0.25) is 0 Å². The van der Waals surface area contributed by atoms with Crippen molar-refractivity contribution in [3.8, 4) is 28.4 Å². The zero-order valence-electron chi connectivity index (χ0n) is 18.9. The van der Waals surface area contributed by atoms with Crippen molar-refractivity contribution in [2.75, 3.05) is 5.32 Å². The second-order valence-electron chi connectivity index (χ2n) is 7.66. The molecule has 0 atom stereocenters. The van der Waals surface area contributed by atoms with Crippen molar-refractivity contribution in [3.63, 3.8) is 0 Å². The Morgan fingerprint density at radius 1 is 0.943 bits per heavy atom. The molecule has 1 amide bonds. The average molecular weight is 464 g/mol. The number of benzene rings is 1. The average Bonchev–Trinajstić information content (AvgIpc) is 3.28. The van der Waals surface area contributed by atoms with E-state index in [-0.39, 0.29) is 11.6 Å². The molecule has 0 saturated heterocycles. The number of carbonyl (C=O) groups is 1. The lowest BCUT2D eigenvalue weighted by molar-refractivity contribution is 0.102. The summed E-state index contributed by atoms with van der Waals surface area (Å²) >= 11 is 0. The van der Waals surface area contributed by atoms with Gasteiger partial charge in [-0.15, -0.1) is 0 Å². The maximum atomic E-state index is 13.2. The minimum Gasteiger partial charge on any atom is -0.487 e. The number of nitrogens with zero attached hydrogens (tertiary/aromatic N) is 6. The third-order valence-corrected chi connectivity index (χ3v) is 5.16. The highest BCUT2D eigenvalue weighted by Crippen LogP contribution is 2.30. The molecule has 0 saturated carbocycles. The van der Waals surface area contributed by atoms with Crippen LogP contribution in [0.25, 0.3) is 22.6 Å². The van der Waals surface area contributed by atoms with Gasteiger partial charge in [0, 0.05) is 43.6 Å². The molecule has 4 aromatic heterocycles. The van der Waals surface area contributed by atoms with Crippen LogP contribution in [-0.4, -0.2) is 35.6 Å². The van der Waals surface area contributed by atoms with Gasteiger partial charge in [-0.3, -0.25) is 24.4 Å². The zero-order chi connectivity index (χ0) is 24.0. The van der Waals surface area contributed by atoms with E-state index in [4.69, 9.17) is 4.74 Å². The topological polar surface area (TPSA) is 108 Å². The predicted octanol–water partition coefficient (Wildman–Crippen LogP) is 4.17. The van der Waals surface area contributed by atoms with Gasteiger partial charge in [0.15, 0.2) is 0 Å². The van der Waals surface area contributed by atoms with Gasteiger partial charge in [-0.2, -0.15) is 5.10 Å². The van der Waals surface area contributed by atoms with E-state index in [9.17, 15) is 4.79 Å². The van der Waals surface area contributed by atoms with Crippen molar-refractivity contribution >= 4 is 11.6 Å². The number of nitrogens with one attached hydrogen (secondary N) is 1. The molecule has 0 spiro atoms. The summed E-state index contributed by atoms with van der Waals surface area (Å²) in [6.45, 7) is 0.378. The van der Waals surface area contributed by atoms with Crippen LogP contribution in [0.5, 0.6) is 5.75 Å². The van der Waals surface area contributed by atoms with E-state index >= 15 is 0 Å². The molecule has 5 rings (SSSR count). The molecule has 5 aromatic rings. The molecule has 0 aliphatic carbocycles. The van der Waals surface area contributed by atoms with Gasteiger partial charge in [-0.1, -0.05) is 30.3 Å². The van der Waals surface area contributed by atoms with Crippen molar-refractivity contribution in [2.24, 2.45) is 7.05 Å². The monoisotopic (exact) mass is 463 g/mol. The fourth-order valence-corrected chi connectivity index (χ4v) is 3.52. The highest BCUT2D eigenvalue weighted by atomic mass is 16.5. The third kappa shape index (κ3) is 5.03. The summed E-state index contributed by atoms with van der Waals surface area (Å²) in [6.07, 6.45) is 9.81. The Kier molecular flexibility index (Phi) is 6.21. The van der Waals surface area contributed by atoms with Crippen LogP contribution in [0.1, 0.15) is 16.1 Å². The van der Waals surface area contributed by atoms with Gasteiger partial charge in [0.05, 0.1) is 11.9 Å². The largest absolute Gasteiger partial charge is 0.487 e. The van der Waals surface area contributed by atoms with E-state index in [1.165, 1.54) is 0 Å². The van der Waals surface area contributed by atoms with E-state index in [0.29, 0.717) is 35.1 Å². The maximum Gasteiger partial charge on any atom is 0.274 e. The molecule has 0 unspecified atom stereocenters. The lowest BCUT2D eigenvalue weighted by atomic mass is 10.1. The van der Waals surface area contributed by atoms with Gasteiger partial charge < -0.3 is 10.1 Å². The molecule has 4 heterocycles. The van der Waals surface area contributed by atoms with Crippen LogP contribution in [0.2, 0.25) is 0 Å². The standard InChI is InChI=1S/C26H21N7O2/c1-33-16-22(25(32-33)21-15-28-13-14-29-21)31-26(34)20-7-8-23(35-17-18-5-3-2-4-6-18)24(30-20)19-9-11-27-12-10-19/h2-16H,17H2,1H3,(H,31,34). The van der Waals surface area contributed by atoms with Crippen LogP contribution in [0, 0.1) is 0 Å². The van der Waals surface area contributed by atoms with Crippen LogP contribution in [0.4, 0.5) is 5.69 Å². The lowest BCUT2D eigenvalue weighted by Gasteiger charge is -2.13. The molecule has 1 aromatic carbocycles. The molecule has 0 fully saturated rings. The number of hydrogen-bond acceptors (Lipinski definition) is 7. The number of anilines is 1. The molecule has 9 nitrogen and oxygen atoms in total. The number of aromatic nitrogens is 6. The maximum absolute atomic E-state index is 13.2. The van der Waals surface area contributed by atoms with Crippen LogP contribution in [0.15, 0.2) is 91.8 Å². The van der Waals surface area contributed by atoms with Gasteiger partial charge in [-0.05, 0) is 29.8 Å². The summed E-state index contributed by atoms with van der Waals surface area (Å²) in [7, 11) is 1.77. The molecule has 172 valence electrons. The molecule has 35 heavy (non-hydrogen) atoms. The van der Waals surface area contributed by atoms with Crippen LogP contribution in [-0.2, 0) is 13.7 Å². The summed E-state index contributed by atoms with van der Waals surface area (Å²) < 4.78 is 7.67. The minimum absolute atomic E-state index is 0.234. The van der Waals surface area contributed by atoms with E-state index in [1.807, 2.05) is 42.5 Å². The van der Waals surface area contributed by atoms with Crippen LogP contribution >= 0.6 is 0 Å². The van der Waals surface area contributed by atoms with Crippen molar-refractivity contribution in [1.82, 2.24) is 29.7 Å². The third-order valence-electron chi connectivity index (χ3n) is 5.16. The molecular formula is C26H21N7O2. The second-order valence-corrected chi connectivity index (χ2v) is 7.66. The first-order valence-electron chi connectivity index (χ1n) is 10.9.